The number of carbonyl (C=O) groups is 1. The topological polar surface area (TPSA) is 75.3 Å². The molecule has 16 heavy (non-hydrogen) atoms. The van der Waals surface area contributed by atoms with Gasteiger partial charge in [0, 0.05) is 0 Å². The number of rotatable bonds is 3. The number of nitrogens with two attached hydrogens (primary N) is 1. The van der Waals surface area contributed by atoms with Gasteiger partial charge in [-0.3, -0.25) is 10.2 Å². The minimum atomic E-state index is -0.480. The summed E-state index contributed by atoms with van der Waals surface area (Å²) in [4.78, 5) is 11.4. The van der Waals surface area contributed by atoms with Crippen LogP contribution < -0.4 is 11.3 Å². The van der Waals surface area contributed by atoms with E-state index in [1.54, 1.807) is 6.07 Å². The minimum Gasteiger partial charge on any atom is -0.507 e. The maximum Gasteiger partial charge on any atom is 0.268 e. The first-order valence-corrected chi connectivity index (χ1v) is 5.27. The summed E-state index contributed by atoms with van der Waals surface area (Å²) >= 11 is 0. The third-order valence-electron chi connectivity index (χ3n) is 3.04. The summed E-state index contributed by atoms with van der Waals surface area (Å²) in [6.45, 7) is 6.25. The predicted molar refractivity (Wildman–Crippen MR) is 63.1 cm³/mol. The van der Waals surface area contributed by atoms with E-state index in [9.17, 15) is 9.90 Å². The average Bonchev–Trinajstić information content (AvgIpc) is 2.28. The number of phenolic OH excluding ortho intramolecular Hbond substituents is 1. The van der Waals surface area contributed by atoms with Gasteiger partial charge in [-0.05, 0) is 29.5 Å². The van der Waals surface area contributed by atoms with E-state index in [-0.39, 0.29) is 16.7 Å². The number of aromatic hydroxyl groups is 1. The zero-order valence-corrected chi connectivity index (χ0v) is 9.87. The Balaban J connectivity index is 3.22. The van der Waals surface area contributed by atoms with Crippen LogP contribution in [0.15, 0.2) is 18.2 Å². The van der Waals surface area contributed by atoms with E-state index >= 15 is 0 Å². The molecule has 0 aliphatic carbocycles. The summed E-state index contributed by atoms with van der Waals surface area (Å²) in [6.07, 6.45) is 0.946. The molecule has 4 heteroatoms. The number of nitrogen functional groups attached to an aromatic ring is 1. The third-order valence-corrected chi connectivity index (χ3v) is 3.04. The largest absolute Gasteiger partial charge is 0.507 e. The summed E-state index contributed by atoms with van der Waals surface area (Å²) in [5, 5.41) is 9.56. The highest BCUT2D eigenvalue weighted by Crippen LogP contribution is 2.30. The Bertz CT molecular complexity index is 400. The first-order chi connectivity index (χ1) is 7.42. The van der Waals surface area contributed by atoms with Crippen LogP contribution in [0.3, 0.4) is 0 Å². The van der Waals surface area contributed by atoms with E-state index in [2.05, 4.69) is 20.8 Å². The molecular formula is C12H18N2O2. The molecule has 88 valence electrons. The van der Waals surface area contributed by atoms with E-state index < -0.39 is 5.91 Å². The maximum absolute atomic E-state index is 11.4. The Labute approximate surface area is 95.4 Å². The molecule has 0 radical (unpaired) electrons. The van der Waals surface area contributed by atoms with Gasteiger partial charge in [-0.25, -0.2) is 5.84 Å². The lowest BCUT2D eigenvalue weighted by atomic mass is 9.81. The quantitative estimate of drug-likeness (QED) is 0.414. The fourth-order valence-electron chi connectivity index (χ4n) is 1.42. The molecular weight excluding hydrogens is 204 g/mol. The van der Waals surface area contributed by atoms with Crippen LogP contribution in [0.4, 0.5) is 0 Å². The molecule has 0 aromatic heterocycles. The predicted octanol–water partition coefficient (Wildman–Crippen LogP) is 1.68. The fourth-order valence-corrected chi connectivity index (χ4v) is 1.42. The van der Waals surface area contributed by atoms with Crippen LogP contribution in [0.2, 0.25) is 0 Å². The second-order valence-electron chi connectivity index (χ2n) is 4.44. The third kappa shape index (κ3) is 2.33. The van der Waals surface area contributed by atoms with Crippen molar-refractivity contribution in [2.24, 2.45) is 5.84 Å². The molecule has 0 atom stereocenters. The molecule has 0 saturated heterocycles. The van der Waals surface area contributed by atoms with E-state index in [0.29, 0.717) is 0 Å². The number of hydrogen-bond donors (Lipinski definition) is 3. The fraction of sp³-hybridized carbons (Fsp3) is 0.417. The van der Waals surface area contributed by atoms with Gasteiger partial charge in [0.25, 0.3) is 5.91 Å². The molecule has 4 nitrogen and oxygen atoms in total. The number of nitrogens with one attached hydrogen (secondary N) is 1. The lowest BCUT2D eigenvalue weighted by molar-refractivity contribution is 0.0951. The number of phenols is 1. The van der Waals surface area contributed by atoms with Gasteiger partial charge in [-0.1, -0.05) is 26.8 Å². The molecule has 0 aliphatic heterocycles. The normalized spacial score (nSPS) is 11.2. The number of benzene rings is 1. The van der Waals surface area contributed by atoms with Crippen molar-refractivity contribution < 1.29 is 9.90 Å². The van der Waals surface area contributed by atoms with Crippen LogP contribution >= 0.6 is 0 Å². The van der Waals surface area contributed by atoms with Gasteiger partial charge in [0.1, 0.15) is 5.75 Å². The van der Waals surface area contributed by atoms with Gasteiger partial charge in [0.05, 0.1) is 5.56 Å². The zero-order chi connectivity index (χ0) is 12.3. The van der Waals surface area contributed by atoms with Crippen molar-refractivity contribution >= 4 is 5.91 Å². The Morgan fingerprint density at radius 2 is 2.12 bits per heavy atom. The van der Waals surface area contributed by atoms with Gasteiger partial charge >= 0.3 is 0 Å². The van der Waals surface area contributed by atoms with E-state index in [1.807, 2.05) is 11.5 Å². The molecule has 1 aromatic carbocycles. The molecule has 1 amide bonds. The Morgan fingerprint density at radius 3 is 2.62 bits per heavy atom. The minimum absolute atomic E-state index is 0.0304. The van der Waals surface area contributed by atoms with Crippen molar-refractivity contribution in [3.63, 3.8) is 0 Å². The standard InChI is InChI=1S/C12H18N2O2/c1-4-12(2,3)8-5-6-10(15)9(7-8)11(16)14-13/h5-7,15H,4,13H2,1-3H3,(H,14,16). The molecule has 0 heterocycles. The molecule has 0 unspecified atom stereocenters. The van der Waals surface area contributed by atoms with Crippen molar-refractivity contribution in [2.45, 2.75) is 32.6 Å². The van der Waals surface area contributed by atoms with Crippen LogP contribution in [-0.4, -0.2) is 11.0 Å². The number of hydrazine groups is 1. The maximum atomic E-state index is 11.4. The SMILES string of the molecule is CCC(C)(C)c1ccc(O)c(C(=O)NN)c1. The van der Waals surface area contributed by atoms with E-state index in [1.165, 1.54) is 6.07 Å². The van der Waals surface area contributed by atoms with Crippen LogP contribution in [-0.2, 0) is 5.41 Å². The van der Waals surface area contributed by atoms with E-state index in [0.717, 1.165) is 12.0 Å². The molecule has 0 fully saturated rings. The van der Waals surface area contributed by atoms with Crippen molar-refractivity contribution in [3.8, 4) is 5.75 Å². The number of hydrogen-bond acceptors (Lipinski definition) is 3. The second kappa shape index (κ2) is 4.53. The second-order valence-corrected chi connectivity index (χ2v) is 4.44. The number of amides is 1. The van der Waals surface area contributed by atoms with Crippen LogP contribution in [0.5, 0.6) is 5.75 Å². The highest BCUT2D eigenvalue weighted by Gasteiger charge is 2.20. The summed E-state index contributed by atoms with van der Waals surface area (Å²) in [7, 11) is 0. The van der Waals surface area contributed by atoms with Crippen LogP contribution in [0.1, 0.15) is 43.1 Å². The molecule has 0 aliphatic rings. The first kappa shape index (κ1) is 12.5. The summed E-state index contributed by atoms with van der Waals surface area (Å²) in [6, 6.07) is 5.03. The smallest absolute Gasteiger partial charge is 0.268 e. The van der Waals surface area contributed by atoms with Crippen LogP contribution in [0.25, 0.3) is 0 Å². The molecule has 0 bridgehead atoms. The van der Waals surface area contributed by atoms with Crippen molar-refractivity contribution in [3.05, 3.63) is 29.3 Å². The Morgan fingerprint density at radius 1 is 1.50 bits per heavy atom. The highest BCUT2D eigenvalue weighted by atomic mass is 16.3. The molecule has 1 rings (SSSR count). The summed E-state index contributed by atoms with van der Waals surface area (Å²) in [5.41, 5.74) is 3.21. The lowest BCUT2D eigenvalue weighted by Crippen LogP contribution is -2.30. The van der Waals surface area contributed by atoms with E-state index in [4.69, 9.17) is 5.84 Å². The highest BCUT2D eigenvalue weighted by molar-refractivity contribution is 5.96. The molecule has 0 spiro atoms. The lowest BCUT2D eigenvalue weighted by Gasteiger charge is -2.24. The van der Waals surface area contributed by atoms with Gasteiger partial charge in [-0.15, -0.1) is 0 Å². The Kier molecular flexibility index (Phi) is 3.55. The van der Waals surface area contributed by atoms with Gasteiger partial charge in [-0.2, -0.15) is 0 Å². The molecule has 0 saturated carbocycles. The molecule has 4 N–H and O–H groups in total. The monoisotopic (exact) mass is 222 g/mol. The van der Waals surface area contributed by atoms with Crippen molar-refractivity contribution in [1.82, 2.24) is 5.43 Å². The van der Waals surface area contributed by atoms with Gasteiger partial charge < -0.3 is 5.11 Å². The van der Waals surface area contributed by atoms with Gasteiger partial charge in [0.2, 0.25) is 0 Å². The van der Waals surface area contributed by atoms with Gasteiger partial charge in [0.15, 0.2) is 0 Å². The Hall–Kier alpha value is -1.55. The average molecular weight is 222 g/mol. The van der Waals surface area contributed by atoms with Crippen LogP contribution in [0, 0.1) is 0 Å². The number of carbonyl (C=O) groups excluding carboxylic acids is 1. The summed E-state index contributed by atoms with van der Waals surface area (Å²) < 4.78 is 0. The van der Waals surface area contributed by atoms with Crippen molar-refractivity contribution in [1.29, 1.82) is 0 Å². The van der Waals surface area contributed by atoms with Crippen molar-refractivity contribution in [2.75, 3.05) is 0 Å². The zero-order valence-electron chi connectivity index (χ0n) is 9.87. The molecule has 1 aromatic rings. The summed E-state index contributed by atoms with van der Waals surface area (Å²) in [5.74, 6) is 4.52. The first-order valence-electron chi connectivity index (χ1n) is 5.27.